The van der Waals surface area contributed by atoms with Gasteiger partial charge in [0.25, 0.3) is 5.91 Å². The lowest BCUT2D eigenvalue weighted by Gasteiger charge is -2.18. The van der Waals surface area contributed by atoms with Crippen LogP contribution in [-0.2, 0) is 6.54 Å². The molecule has 0 spiro atoms. The van der Waals surface area contributed by atoms with E-state index in [1.165, 1.54) is 0 Å². The van der Waals surface area contributed by atoms with E-state index in [2.05, 4.69) is 34.3 Å². The summed E-state index contributed by atoms with van der Waals surface area (Å²) in [5, 5.41) is 9.83. The van der Waals surface area contributed by atoms with Gasteiger partial charge in [-0.25, -0.2) is 4.98 Å². The van der Waals surface area contributed by atoms with E-state index in [0.29, 0.717) is 18.2 Å². The molecule has 0 aliphatic carbocycles. The van der Waals surface area contributed by atoms with E-state index in [9.17, 15) is 4.79 Å². The highest BCUT2D eigenvalue weighted by Crippen LogP contribution is 2.20. The van der Waals surface area contributed by atoms with Gasteiger partial charge < -0.3 is 10.2 Å². The number of hydrogen-bond donors (Lipinski definition) is 2. The Bertz CT molecular complexity index is 855. The Hall–Kier alpha value is -3.15. The van der Waals surface area contributed by atoms with Crippen LogP contribution in [0.5, 0.6) is 0 Å². The summed E-state index contributed by atoms with van der Waals surface area (Å²) in [6.07, 6.45) is 1.78. The van der Waals surface area contributed by atoms with Gasteiger partial charge in [0, 0.05) is 31.2 Å². The SMILES string of the molecule is CC(C)c1cc(C(=O)NCc2ccc(N(C)c3ccccc3)nc2)n[nH]1. The summed E-state index contributed by atoms with van der Waals surface area (Å²) in [4.78, 5) is 18.7. The minimum Gasteiger partial charge on any atom is -0.347 e. The van der Waals surface area contributed by atoms with Crippen molar-refractivity contribution in [1.82, 2.24) is 20.5 Å². The van der Waals surface area contributed by atoms with Crippen molar-refractivity contribution in [2.75, 3.05) is 11.9 Å². The fraction of sp³-hybridized carbons (Fsp3) is 0.250. The molecule has 0 unspecified atom stereocenters. The third-order valence-corrected chi connectivity index (χ3v) is 4.20. The maximum atomic E-state index is 12.2. The Balaban J connectivity index is 1.59. The Labute approximate surface area is 153 Å². The summed E-state index contributed by atoms with van der Waals surface area (Å²) in [5.74, 6) is 0.959. The molecule has 0 radical (unpaired) electrons. The molecule has 0 saturated carbocycles. The van der Waals surface area contributed by atoms with Crippen LogP contribution in [0.25, 0.3) is 0 Å². The molecule has 0 aliphatic heterocycles. The molecule has 0 bridgehead atoms. The molecule has 1 amide bonds. The van der Waals surface area contributed by atoms with Crippen molar-refractivity contribution >= 4 is 17.4 Å². The Kier molecular flexibility index (Phi) is 5.31. The number of carbonyl (C=O) groups is 1. The van der Waals surface area contributed by atoms with Crippen molar-refractivity contribution < 1.29 is 4.79 Å². The summed E-state index contributed by atoms with van der Waals surface area (Å²) < 4.78 is 0. The molecule has 2 aromatic heterocycles. The van der Waals surface area contributed by atoms with Gasteiger partial charge in [-0.2, -0.15) is 5.10 Å². The first-order valence-electron chi connectivity index (χ1n) is 8.62. The number of aromatic nitrogens is 3. The number of nitrogens with one attached hydrogen (secondary N) is 2. The summed E-state index contributed by atoms with van der Waals surface area (Å²) in [6.45, 7) is 4.51. The highest BCUT2D eigenvalue weighted by Gasteiger charge is 2.12. The van der Waals surface area contributed by atoms with Gasteiger partial charge in [0.1, 0.15) is 11.5 Å². The number of benzene rings is 1. The van der Waals surface area contributed by atoms with Gasteiger partial charge in [0.05, 0.1) is 0 Å². The van der Waals surface area contributed by atoms with Crippen LogP contribution in [0.15, 0.2) is 54.7 Å². The number of para-hydroxylation sites is 1. The number of amides is 1. The zero-order valence-electron chi connectivity index (χ0n) is 15.2. The number of carbonyl (C=O) groups excluding carboxylic acids is 1. The lowest BCUT2D eigenvalue weighted by molar-refractivity contribution is 0.0946. The molecule has 3 rings (SSSR count). The maximum absolute atomic E-state index is 12.2. The monoisotopic (exact) mass is 349 g/mol. The van der Waals surface area contributed by atoms with E-state index < -0.39 is 0 Å². The van der Waals surface area contributed by atoms with Gasteiger partial charge in [-0.15, -0.1) is 0 Å². The van der Waals surface area contributed by atoms with Gasteiger partial charge in [0.2, 0.25) is 0 Å². The molecule has 2 heterocycles. The zero-order chi connectivity index (χ0) is 18.5. The normalized spacial score (nSPS) is 10.8. The summed E-state index contributed by atoms with van der Waals surface area (Å²) >= 11 is 0. The van der Waals surface area contributed by atoms with Crippen molar-refractivity contribution in [2.24, 2.45) is 0 Å². The van der Waals surface area contributed by atoms with Gasteiger partial charge in [-0.1, -0.05) is 38.1 Å². The van der Waals surface area contributed by atoms with Crippen LogP contribution in [0.4, 0.5) is 11.5 Å². The summed E-state index contributed by atoms with van der Waals surface area (Å²) in [6, 6.07) is 15.7. The zero-order valence-corrected chi connectivity index (χ0v) is 15.2. The standard InChI is InChI=1S/C20H23N5O/c1-14(2)17-11-18(24-23-17)20(26)22-13-15-9-10-19(21-12-15)25(3)16-7-5-4-6-8-16/h4-12,14H,13H2,1-3H3,(H,22,26)(H,23,24). The van der Waals surface area contributed by atoms with Gasteiger partial charge in [-0.05, 0) is 35.7 Å². The van der Waals surface area contributed by atoms with Crippen LogP contribution in [0, 0.1) is 0 Å². The average Bonchev–Trinajstić information content (AvgIpc) is 3.17. The van der Waals surface area contributed by atoms with Crippen LogP contribution >= 0.6 is 0 Å². The number of nitrogens with zero attached hydrogens (tertiary/aromatic N) is 3. The van der Waals surface area contributed by atoms with E-state index in [-0.39, 0.29) is 5.91 Å². The first-order valence-corrected chi connectivity index (χ1v) is 8.62. The minimum atomic E-state index is -0.196. The predicted octanol–water partition coefficient (Wildman–Crippen LogP) is 3.63. The highest BCUT2D eigenvalue weighted by atomic mass is 16.1. The molecule has 6 nitrogen and oxygen atoms in total. The predicted molar refractivity (Wildman–Crippen MR) is 103 cm³/mol. The van der Waals surface area contributed by atoms with Crippen molar-refractivity contribution in [1.29, 1.82) is 0 Å². The molecule has 134 valence electrons. The number of anilines is 2. The average molecular weight is 349 g/mol. The third-order valence-electron chi connectivity index (χ3n) is 4.20. The van der Waals surface area contributed by atoms with Crippen molar-refractivity contribution in [3.05, 3.63) is 71.7 Å². The van der Waals surface area contributed by atoms with Crippen molar-refractivity contribution in [3.8, 4) is 0 Å². The number of aromatic amines is 1. The van der Waals surface area contributed by atoms with E-state index in [4.69, 9.17) is 0 Å². The molecule has 0 aliphatic rings. The van der Waals surface area contributed by atoms with Crippen LogP contribution < -0.4 is 10.2 Å². The topological polar surface area (TPSA) is 73.9 Å². The maximum Gasteiger partial charge on any atom is 0.272 e. The van der Waals surface area contributed by atoms with E-state index in [0.717, 1.165) is 22.8 Å². The second-order valence-electron chi connectivity index (χ2n) is 6.47. The molecule has 6 heteroatoms. The van der Waals surface area contributed by atoms with Crippen molar-refractivity contribution in [3.63, 3.8) is 0 Å². The largest absolute Gasteiger partial charge is 0.347 e. The molecule has 26 heavy (non-hydrogen) atoms. The quantitative estimate of drug-likeness (QED) is 0.713. The number of rotatable bonds is 6. The van der Waals surface area contributed by atoms with Gasteiger partial charge >= 0.3 is 0 Å². The smallest absolute Gasteiger partial charge is 0.272 e. The van der Waals surface area contributed by atoms with Crippen LogP contribution in [0.1, 0.15) is 41.5 Å². The molecule has 2 N–H and O–H groups in total. The lowest BCUT2D eigenvalue weighted by Crippen LogP contribution is -2.23. The number of hydrogen-bond acceptors (Lipinski definition) is 4. The first kappa shape index (κ1) is 17.7. The molecule has 1 aromatic carbocycles. The molecular formula is C20H23N5O. The van der Waals surface area contributed by atoms with E-state index >= 15 is 0 Å². The van der Waals surface area contributed by atoms with Crippen LogP contribution in [0.3, 0.4) is 0 Å². The minimum absolute atomic E-state index is 0.196. The number of pyridine rings is 1. The fourth-order valence-corrected chi connectivity index (χ4v) is 2.53. The second-order valence-corrected chi connectivity index (χ2v) is 6.47. The van der Waals surface area contributed by atoms with Crippen molar-refractivity contribution in [2.45, 2.75) is 26.3 Å². The van der Waals surface area contributed by atoms with E-state index in [1.54, 1.807) is 12.3 Å². The third kappa shape index (κ3) is 4.08. The van der Waals surface area contributed by atoms with Crippen LogP contribution in [-0.4, -0.2) is 28.1 Å². The van der Waals surface area contributed by atoms with Gasteiger partial charge in [0.15, 0.2) is 0 Å². The summed E-state index contributed by atoms with van der Waals surface area (Å²) in [5.41, 5.74) is 3.36. The lowest BCUT2D eigenvalue weighted by atomic mass is 10.1. The Morgan fingerprint density at radius 1 is 1.19 bits per heavy atom. The molecule has 0 atom stereocenters. The van der Waals surface area contributed by atoms with E-state index in [1.807, 2.05) is 54.4 Å². The summed E-state index contributed by atoms with van der Waals surface area (Å²) in [7, 11) is 1.98. The van der Waals surface area contributed by atoms with Crippen LogP contribution in [0.2, 0.25) is 0 Å². The van der Waals surface area contributed by atoms with Gasteiger partial charge in [-0.3, -0.25) is 9.89 Å². The Morgan fingerprint density at radius 3 is 2.58 bits per heavy atom. The molecule has 3 aromatic rings. The number of H-pyrrole nitrogens is 1. The Morgan fingerprint density at radius 2 is 1.96 bits per heavy atom. The molecular weight excluding hydrogens is 326 g/mol. The fourth-order valence-electron chi connectivity index (χ4n) is 2.53. The molecule has 0 fully saturated rings. The second kappa shape index (κ2) is 7.82. The molecule has 0 saturated heterocycles. The first-order chi connectivity index (χ1) is 12.5. The highest BCUT2D eigenvalue weighted by molar-refractivity contribution is 5.92.